The number of hydrogen-bond donors (Lipinski definition) is 2. The van der Waals surface area contributed by atoms with Gasteiger partial charge in [-0.2, -0.15) is 0 Å². The minimum atomic E-state index is -0.770. The summed E-state index contributed by atoms with van der Waals surface area (Å²) in [4.78, 5) is 22.0. The summed E-state index contributed by atoms with van der Waals surface area (Å²) in [5, 5.41) is 0. The molecule has 0 fully saturated rings. The molecule has 1 rings (SSSR count). The Morgan fingerprint density at radius 3 is 2.53 bits per heavy atom. The van der Waals surface area contributed by atoms with Gasteiger partial charge in [-0.25, -0.2) is 9.59 Å². The molecule has 0 bridgehead atoms. The average Bonchev–Trinajstić information content (AvgIpc) is 2.63. The van der Waals surface area contributed by atoms with Crippen molar-refractivity contribution in [2.24, 2.45) is 0 Å². The lowest BCUT2D eigenvalue weighted by Gasteiger charge is -2.03. The molecule has 0 saturated heterocycles. The Kier molecular flexibility index (Phi) is 4.15. The first-order chi connectivity index (χ1) is 8.04. The summed E-state index contributed by atoms with van der Waals surface area (Å²) in [5.74, 6) is -1.51. The van der Waals surface area contributed by atoms with Crippen LogP contribution in [-0.4, -0.2) is 25.2 Å². The van der Waals surface area contributed by atoms with Crippen molar-refractivity contribution in [1.82, 2.24) is 0 Å². The van der Waals surface area contributed by atoms with Crippen molar-refractivity contribution in [1.29, 1.82) is 0 Å². The summed E-state index contributed by atoms with van der Waals surface area (Å²) < 4.78 is 14.2. The highest BCUT2D eigenvalue weighted by atomic mass is 16.6. The highest BCUT2D eigenvalue weighted by Gasteiger charge is 2.17. The van der Waals surface area contributed by atoms with Gasteiger partial charge < -0.3 is 25.4 Å². The predicted octanol–water partition coefficient (Wildman–Crippen LogP) is 0.330. The number of carbonyl (C=O) groups excluding carboxylic acids is 2. The highest BCUT2D eigenvalue weighted by molar-refractivity contribution is 5.92. The van der Waals surface area contributed by atoms with E-state index < -0.39 is 11.9 Å². The smallest absolute Gasteiger partial charge is 0.376 e. The van der Waals surface area contributed by atoms with Gasteiger partial charge in [0, 0.05) is 12.1 Å². The van der Waals surface area contributed by atoms with Gasteiger partial charge in [0.05, 0.1) is 5.69 Å². The quantitative estimate of drug-likeness (QED) is 0.432. The third kappa shape index (κ3) is 3.56. The third-order valence-electron chi connectivity index (χ3n) is 1.69. The van der Waals surface area contributed by atoms with Gasteiger partial charge >= 0.3 is 11.9 Å². The van der Waals surface area contributed by atoms with Crippen molar-refractivity contribution in [3.05, 3.63) is 24.5 Å². The Bertz CT molecular complexity index is 438. The van der Waals surface area contributed by atoms with Crippen molar-refractivity contribution < 1.29 is 23.5 Å². The van der Waals surface area contributed by atoms with Crippen LogP contribution in [0.2, 0.25) is 0 Å². The first-order valence-electron chi connectivity index (χ1n) is 4.65. The number of rotatable bonds is 5. The molecule has 0 amide bonds. The summed E-state index contributed by atoms with van der Waals surface area (Å²) >= 11 is 0. The molecule has 0 unspecified atom stereocenters. The van der Waals surface area contributed by atoms with Crippen LogP contribution < -0.4 is 11.5 Å². The van der Waals surface area contributed by atoms with E-state index in [1.54, 1.807) is 0 Å². The SMILES string of the molecule is C=CC(=O)OCCOC(=O)c1oc(N)cc1N. The van der Waals surface area contributed by atoms with E-state index >= 15 is 0 Å². The van der Waals surface area contributed by atoms with Crippen LogP contribution in [-0.2, 0) is 14.3 Å². The lowest BCUT2D eigenvalue weighted by atomic mass is 10.4. The Labute approximate surface area is 97.0 Å². The van der Waals surface area contributed by atoms with Gasteiger partial charge in [0.1, 0.15) is 13.2 Å². The molecule has 0 aliphatic rings. The van der Waals surface area contributed by atoms with Gasteiger partial charge in [0.2, 0.25) is 5.76 Å². The first kappa shape index (κ1) is 12.6. The first-order valence-corrected chi connectivity index (χ1v) is 4.65. The number of nitrogens with two attached hydrogens (primary N) is 2. The molecular formula is C10H12N2O5. The van der Waals surface area contributed by atoms with Gasteiger partial charge in [-0.1, -0.05) is 6.58 Å². The van der Waals surface area contributed by atoms with Crippen LogP contribution in [0.5, 0.6) is 0 Å². The Hall–Kier alpha value is -2.44. The van der Waals surface area contributed by atoms with Crippen molar-refractivity contribution >= 4 is 23.5 Å². The van der Waals surface area contributed by atoms with Crippen molar-refractivity contribution in [3.63, 3.8) is 0 Å². The molecule has 0 aliphatic heterocycles. The molecule has 0 aliphatic carbocycles. The molecule has 7 nitrogen and oxygen atoms in total. The third-order valence-corrected chi connectivity index (χ3v) is 1.69. The number of carbonyl (C=O) groups is 2. The van der Waals surface area contributed by atoms with Gasteiger partial charge in [-0.3, -0.25) is 0 Å². The zero-order valence-electron chi connectivity index (χ0n) is 8.97. The van der Waals surface area contributed by atoms with Gasteiger partial charge in [-0.05, 0) is 0 Å². The van der Waals surface area contributed by atoms with Crippen LogP contribution in [0.15, 0.2) is 23.1 Å². The summed E-state index contributed by atoms with van der Waals surface area (Å²) in [6, 6.07) is 1.30. The van der Waals surface area contributed by atoms with Crippen LogP contribution in [0.4, 0.5) is 11.6 Å². The summed E-state index contributed by atoms with van der Waals surface area (Å²) in [6.45, 7) is 3.02. The number of ether oxygens (including phenoxy) is 2. The normalized spacial score (nSPS) is 9.65. The van der Waals surface area contributed by atoms with Gasteiger partial charge in [-0.15, -0.1) is 0 Å². The lowest BCUT2D eigenvalue weighted by Crippen LogP contribution is -2.13. The minimum absolute atomic E-state index is 0.0209. The highest BCUT2D eigenvalue weighted by Crippen LogP contribution is 2.19. The molecule has 1 heterocycles. The van der Waals surface area contributed by atoms with Crippen LogP contribution in [0.1, 0.15) is 10.6 Å². The monoisotopic (exact) mass is 240 g/mol. The fourth-order valence-electron chi connectivity index (χ4n) is 0.986. The molecule has 0 aromatic carbocycles. The zero-order chi connectivity index (χ0) is 12.8. The Morgan fingerprint density at radius 2 is 2.00 bits per heavy atom. The van der Waals surface area contributed by atoms with E-state index in [9.17, 15) is 9.59 Å². The largest absolute Gasteiger partial charge is 0.459 e. The number of anilines is 2. The molecule has 0 radical (unpaired) electrons. The lowest BCUT2D eigenvalue weighted by molar-refractivity contribution is -0.138. The van der Waals surface area contributed by atoms with Gasteiger partial charge in [0.25, 0.3) is 0 Å². The Balaban J connectivity index is 2.38. The summed E-state index contributed by atoms with van der Waals surface area (Å²) in [7, 11) is 0. The van der Waals surface area contributed by atoms with Crippen molar-refractivity contribution in [3.8, 4) is 0 Å². The number of esters is 2. The maximum Gasteiger partial charge on any atom is 0.376 e. The zero-order valence-corrected chi connectivity index (χ0v) is 8.97. The van der Waals surface area contributed by atoms with E-state index in [1.807, 2.05) is 0 Å². The second-order valence-corrected chi connectivity index (χ2v) is 2.94. The van der Waals surface area contributed by atoms with E-state index in [1.165, 1.54) is 6.07 Å². The number of nitrogen functional groups attached to an aromatic ring is 2. The maximum atomic E-state index is 11.4. The second-order valence-electron chi connectivity index (χ2n) is 2.94. The molecule has 7 heteroatoms. The minimum Gasteiger partial charge on any atom is -0.459 e. The molecule has 0 atom stereocenters. The summed E-state index contributed by atoms with van der Waals surface area (Å²) in [5.41, 5.74) is 10.8. The molecule has 4 N–H and O–H groups in total. The summed E-state index contributed by atoms with van der Waals surface area (Å²) in [6.07, 6.45) is 1.01. The Morgan fingerprint density at radius 1 is 1.35 bits per heavy atom. The molecule has 92 valence electrons. The fraction of sp³-hybridized carbons (Fsp3) is 0.200. The van der Waals surface area contributed by atoms with E-state index in [2.05, 4.69) is 11.3 Å². The van der Waals surface area contributed by atoms with E-state index in [4.69, 9.17) is 20.6 Å². The molecular weight excluding hydrogens is 228 g/mol. The van der Waals surface area contributed by atoms with Crippen LogP contribution in [0.25, 0.3) is 0 Å². The van der Waals surface area contributed by atoms with E-state index in [0.29, 0.717) is 0 Å². The average molecular weight is 240 g/mol. The topological polar surface area (TPSA) is 118 Å². The van der Waals surface area contributed by atoms with E-state index in [0.717, 1.165) is 6.08 Å². The molecule has 0 saturated carbocycles. The standard InChI is InChI=1S/C10H12N2O5/c1-2-8(13)15-3-4-16-10(14)9-6(11)5-7(12)17-9/h2,5H,1,3-4,11-12H2. The molecule has 1 aromatic heterocycles. The molecule has 1 aromatic rings. The fourth-order valence-corrected chi connectivity index (χ4v) is 0.986. The van der Waals surface area contributed by atoms with Crippen LogP contribution in [0.3, 0.4) is 0 Å². The van der Waals surface area contributed by atoms with Crippen LogP contribution in [0, 0.1) is 0 Å². The number of furan rings is 1. The second kappa shape index (κ2) is 5.59. The molecule has 17 heavy (non-hydrogen) atoms. The number of hydrogen-bond acceptors (Lipinski definition) is 7. The predicted molar refractivity (Wildman–Crippen MR) is 59.0 cm³/mol. The van der Waals surface area contributed by atoms with E-state index in [-0.39, 0.29) is 30.5 Å². The van der Waals surface area contributed by atoms with Crippen molar-refractivity contribution in [2.45, 2.75) is 0 Å². The van der Waals surface area contributed by atoms with Crippen LogP contribution >= 0.6 is 0 Å². The maximum absolute atomic E-state index is 11.4. The van der Waals surface area contributed by atoms with Crippen molar-refractivity contribution in [2.75, 3.05) is 24.7 Å². The van der Waals surface area contributed by atoms with Gasteiger partial charge in [0.15, 0.2) is 5.88 Å². The molecule has 0 spiro atoms.